The molecule has 2 rings (SSSR count). The second-order valence-corrected chi connectivity index (χ2v) is 4.42. The molecule has 0 radical (unpaired) electrons. The summed E-state index contributed by atoms with van der Waals surface area (Å²) in [6, 6.07) is 0. The zero-order valence-corrected chi connectivity index (χ0v) is 10.1. The van der Waals surface area contributed by atoms with Crippen LogP contribution in [0.15, 0.2) is 4.52 Å². The second kappa shape index (κ2) is 4.51. The number of ether oxygens (including phenoxy) is 1. The van der Waals surface area contributed by atoms with Gasteiger partial charge in [-0.3, -0.25) is 0 Å². The minimum absolute atomic E-state index is 0.104. The summed E-state index contributed by atoms with van der Waals surface area (Å²) >= 11 is 0. The fourth-order valence-electron chi connectivity index (χ4n) is 2.03. The highest BCUT2D eigenvalue weighted by molar-refractivity contribution is 5.05. The van der Waals surface area contributed by atoms with Crippen molar-refractivity contribution in [2.75, 3.05) is 13.2 Å². The topological polar surface area (TPSA) is 60.2 Å². The van der Waals surface area contributed by atoms with Crippen LogP contribution in [0.4, 0.5) is 0 Å². The normalized spacial score (nSPS) is 27.2. The molecule has 1 aromatic heterocycles. The fourth-order valence-corrected chi connectivity index (χ4v) is 2.03. The molecule has 0 aliphatic carbocycles. The van der Waals surface area contributed by atoms with Crippen LogP contribution < -0.4 is 5.32 Å². The third-order valence-corrected chi connectivity index (χ3v) is 3.06. The zero-order chi connectivity index (χ0) is 11.6. The van der Waals surface area contributed by atoms with Crippen molar-refractivity contribution in [3.63, 3.8) is 0 Å². The van der Waals surface area contributed by atoms with Gasteiger partial charge in [0, 0.05) is 6.61 Å². The van der Waals surface area contributed by atoms with Crippen molar-refractivity contribution in [2.45, 2.75) is 45.3 Å². The number of hydrogen-bond donors (Lipinski definition) is 1. The van der Waals surface area contributed by atoms with E-state index >= 15 is 0 Å². The van der Waals surface area contributed by atoms with Gasteiger partial charge in [0.25, 0.3) is 0 Å². The smallest absolute Gasteiger partial charge is 0.246 e. The minimum atomic E-state index is -0.156. The van der Waals surface area contributed by atoms with Gasteiger partial charge in [-0.2, -0.15) is 4.98 Å². The highest BCUT2D eigenvalue weighted by atomic mass is 16.5. The summed E-state index contributed by atoms with van der Waals surface area (Å²) in [7, 11) is 0. The van der Waals surface area contributed by atoms with Gasteiger partial charge >= 0.3 is 0 Å². The molecule has 2 unspecified atom stereocenters. The summed E-state index contributed by atoms with van der Waals surface area (Å²) in [4.78, 5) is 4.42. The van der Waals surface area contributed by atoms with E-state index in [0.29, 0.717) is 18.3 Å². The van der Waals surface area contributed by atoms with Gasteiger partial charge in [0.15, 0.2) is 5.82 Å². The first kappa shape index (κ1) is 11.5. The Morgan fingerprint density at radius 2 is 2.44 bits per heavy atom. The maximum atomic E-state index is 5.43. The predicted octanol–water partition coefficient (Wildman–Crippen LogP) is 1.77. The molecule has 1 aliphatic heterocycles. The van der Waals surface area contributed by atoms with Gasteiger partial charge < -0.3 is 14.6 Å². The van der Waals surface area contributed by atoms with E-state index < -0.39 is 0 Å². The molecule has 16 heavy (non-hydrogen) atoms. The molecule has 5 heteroatoms. The minimum Gasteiger partial charge on any atom is -0.371 e. The average molecular weight is 225 g/mol. The van der Waals surface area contributed by atoms with E-state index in [-0.39, 0.29) is 11.6 Å². The lowest BCUT2D eigenvalue weighted by atomic mass is 10.0. The molecule has 90 valence electrons. The monoisotopic (exact) mass is 225 g/mol. The van der Waals surface area contributed by atoms with Crippen molar-refractivity contribution in [2.24, 2.45) is 0 Å². The molecule has 5 nitrogen and oxygen atoms in total. The molecule has 0 spiro atoms. The standard InChI is InChI=1S/C11H19N3O2/c1-4-15-8(2)9-13-10(16-14-9)11(3)6-5-7-12-11/h8,12H,4-7H2,1-3H3. The lowest BCUT2D eigenvalue weighted by molar-refractivity contribution is 0.0683. The molecule has 1 aromatic rings. The van der Waals surface area contributed by atoms with Crippen LogP contribution in [-0.4, -0.2) is 23.3 Å². The van der Waals surface area contributed by atoms with E-state index in [9.17, 15) is 0 Å². The van der Waals surface area contributed by atoms with Crippen molar-refractivity contribution < 1.29 is 9.26 Å². The van der Waals surface area contributed by atoms with Crippen molar-refractivity contribution in [3.8, 4) is 0 Å². The molecule has 2 heterocycles. The third kappa shape index (κ3) is 2.10. The molecule has 0 amide bonds. The van der Waals surface area contributed by atoms with E-state index in [1.54, 1.807) is 0 Å². The zero-order valence-electron chi connectivity index (χ0n) is 10.1. The van der Waals surface area contributed by atoms with Crippen LogP contribution in [0.2, 0.25) is 0 Å². The average Bonchev–Trinajstić information content (AvgIpc) is 2.86. The Morgan fingerprint density at radius 3 is 3.06 bits per heavy atom. The Kier molecular flexibility index (Phi) is 3.25. The molecular weight excluding hydrogens is 206 g/mol. The number of nitrogens with one attached hydrogen (secondary N) is 1. The fraction of sp³-hybridized carbons (Fsp3) is 0.818. The van der Waals surface area contributed by atoms with Crippen LogP contribution in [0.1, 0.15) is 51.4 Å². The summed E-state index contributed by atoms with van der Waals surface area (Å²) in [5.41, 5.74) is -0.156. The number of aromatic nitrogens is 2. The van der Waals surface area contributed by atoms with E-state index in [1.165, 1.54) is 0 Å². The summed E-state index contributed by atoms with van der Waals surface area (Å²) in [6.45, 7) is 7.65. The molecule has 1 aliphatic rings. The number of nitrogens with zero attached hydrogens (tertiary/aromatic N) is 2. The summed E-state index contributed by atoms with van der Waals surface area (Å²) in [6.07, 6.45) is 2.08. The van der Waals surface area contributed by atoms with Crippen LogP contribution >= 0.6 is 0 Å². The Bertz CT molecular complexity index is 345. The molecule has 0 aromatic carbocycles. The van der Waals surface area contributed by atoms with Crippen LogP contribution in [0.5, 0.6) is 0 Å². The van der Waals surface area contributed by atoms with Gasteiger partial charge in [0.05, 0.1) is 5.54 Å². The van der Waals surface area contributed by atoms with Gasteiger partial charge in [0.2, 0.25) is 5.89 Å². The van der Waals surface area contributed by atoms with Gasteiger partial charge in [0.1, 0.15) is 6.10 Å². The molecule has 1 saturated heterocycles. The molecule has 2 atom stereocenters. The van der Waals surface area contributed by atoms with E-state index in [2.05, 4.69) is 22.4 Å². The Morgan fingerprint density at radius 1 is 1.62 bits per heavy atom. The van der Waals surface area contributed by atoms with Crippen LogP contribution in [-0.2, 0) is 10.3 Å². The molecule has 1 N–H and O–H groups in total. The van der Waals surface area contributed by atoms with Crippen molar-refractivity contribution >= 4 is 0 Å². The van der Waals surface area contributed by atoms with Crippen LogP contribution in [0.3, 0.4) is 0 Å². The van der Waals surface area contributed by atoms with E-state index in [1.807, 2.05) is 13.8 Å². The number of rotatable bonds is 4. The largest absolute Gasteiger partial charge is 0.371 e. The number of hydrogen-bond acceptors (Lipinski definition) is 5. The summed E-state index contributed by atoms with van der Waals surface area (Å²) < 4.78 is 10.7. The van der Waals surface area contributed by atoms with Gasteiger partial charge in [-0.25, -0.2) is 0 Å². The lowest BCUT2D eigenvalue weighted by Gasteiger charge is -2.18. The first-order valence-corrected chi connectivity index (χ1v) is 5.86. The molecule has 1 fully saturated rings. The van der Waals surface area contributed by atoms with Crippen LogP contribution in [0, 0.1) is 0 Å². The van der Waals surface area contributed by atoms with Gasteiger partial charge in [-0.05, 0) is 40.2 Å². The quantitative estimate of drug-likeness (QED) is 0.846. The Labute approximate surface area is 95.6 Å². The predicted molar refractivity (Wildman–Crippen MR) is 58.9 cm³/mol. The SMILES string of the molecule is CCOC(C)c1noc(C2(C)CCCN2)n1. The summed E-state index contributed by atoms with van der Waals surface area (Å²) in [5, 5.41) is 7.37. The van der Waals surface area contributed by atoms with Crippen molar-refractivity contribution in [3.05, 3.63) is 11.7 Å². The van der Waals surface area contributed by atoms with Crippen molar-refractivity contribution in [1.29, 1.82) is 0 Å². The molecular formula is C11H19N3O2. The Hall–Kier alpha value is -0.940. The van der Waals surface area contributed by atoms with E-state index in [4.69, 9.17) is 9.26 Å². The van der Waals surface area contributed by atoms with Crippen LogP contribution in [0.25, 0.3) is 0 Å². The summed E-state index contributed by atoms with van der Waals surface area (Å²) in [5.74, 6) is 1.30. The first-order chi connectivity index (χ1) is 7.65. The second-order valence-electron chi connectivity index (χ2n) is 4.42. The lowest BCUT2D eigenvalue weighted by Crippen LogP contribution is -2.33. The Balaban J connectivity index is 2.12. The molecule has 0 bridgehead atoms. The van der Waals surface area contributed by atoms with Gasteiger partial charge in [-0.15, -0.1) is 0 Å². The van der Waals surface area contributed by atoms with E-state index in [0.717, 1.165) is 19.4 Å². The van der Waals surface area contributed by atoms with Crippen molar-refractivity contribution in [1.82, 2.24) is 15.5 Å². The highest BCUT2D eigenvalue weighted by Crippen LogP contribution is 2.29. The third-order valence-electron chi connectivity index (χ3n) is 3.06. The maximum absolute atomic E-state index is 5.43. The molecule has 0 saturated carbocycles. The van der Waals surface area contributed by atoms with Gasteiger partial charge in [-0.1, -0.05) is 5.16 Å². The maximum Gasteiger partial charge on any atom is 0.246 e. The first-order valence-electron chi connectivity index (χ1n) is 5.86. The highest BCUT2D eigenvalue weighted by Gasteiger charge is 2.36.